The fraction of sp³-hybridized carbons (Fsp3) is 0.316. The summed E-state index contributed by atoms with van der Waals surface area (Å²) in [5.41, 5.74) is 3.42. The second-order valence-electron chi connectivity index (χ2n) is 11.8. The van der Waals surface area contributed by atoms with Crippen molar-refractivity contribution in [3.8, 4) is 11.5 Å². The Morgan fingerprint density at radius 2 is 1.51 bits per heavy atom. The number of hydrogen-bond donors (Lipinski definition) is 1. The minimum atomic E-state index is -4.35. The van der Waals surface area contributed by atoms with Gasteiger partial charge < -0.3 is 19.7 Å². The van der Waals surface area contributed by atoms with Gasteiger partial charge in [0.2, 0.25) is 11.8 Å². The monoisotopic (exact) mass is 705 g/mol. The number of hydrogen-bond acceptors (Lipinski definition) is 6. The highest BCUT2D eigenvalue weighted by atomic mass is 35.5. The number of sulfonamides is 1. The van der Waals surface area contributed by atoms with Gasteiger partial charge in [-0.25, -0.2) is 8.42 Å². The summed E-state index contributed by atoms with van der Waals surface area (Å²) < 4.78 is 40.9. The predicted octanol–water partition coefficient (Wildman–Crippen LogP) is 6.73. The second kappa shape index (κ2) is 17.2. The fourth-order valence-corrected chi connectivity index (χ4v) is 7.21. The Hall–Kier alpha value is -4.54. The maximum absolute atomic E-state index is 14.7. The molecule has 0 heterocycles. The van der Waals surface area contributed by atoms with Crippen molar-refractivity contribution in [3.63, 3.8) is 0 Å². The van der Waals surface area contributed by atoms with Crippen LogP contribution in [0.3, 0.4) is 0 Å². The largest absolute Gasteiger partial charge is 0.493 e. The van der Waals surface area contributed by atoms with Crippen LogP contribution < -0.4 is 19.1 Å². The van der Waals surface area contributed by atoms with Crippen LogP contribution in [0.4, 0.5) is 5.69 Å². The smallest absolute Gasteiger partial charge is 0.264 e. The molecule has 1 atom stereocenters. The average molecular weight is 706 g/mol. The van der Waals surface area contributed by atoms with Gasteiger partial charge in [0.05, 0.1) is 24.8 Å². The van der Waals surface area contributed by atoms with Crippen molar-refractivity contribution in [2.75, 3.05) is 31.6 Å². The van der Waals surface area contributed by atoms with Gasteiger partial charge in [0.25, 0.3) is 10.0 Å². The Morgan fingerprint density at radius 1 is 0.857 bits per heavy atom. The second-order valence-corrected chi connectivity index (χ2v) is 14.1. The molecule has 0 aliphatic heterocycles. The van der Waals surface area contributed by atoms with Gasteiger partial charge in [0, 0.05) is 30.6 Å². The van der Waals surface area contributed by atoms with Crippen LogP contribution in [0.2, 0.25) is 5.02 Å². The van der Waals surface area contributed by atoms with Crippen LogP contribution in [0.25, 0.3) is 0 Å². The van der Waals surface area contributed by atoms with Crippen LogP contribution in [-0.4, -0.2) is 58.5 Å². The Kier molecular flexibility index (Phi) is 13.1. The third-order valence-corrected chi connectivity index (χ3v) is 10.3. The van der Waals surface area contributed by atoms with Crippen LogP contribution >= 0.6 is 11.6 Å². The van der Waals surface area contributed by atoms with E-state index in [0.29, 0.717) is 28.6 Å². The number of carbonyl (C=O) groups excluding carboxylic acids is 2. The van der Waals surface area contributed by atoms with Crippen LogP contribution in [0.15, 0.2) is 95.9 Å². The van der Waals surface area contributed by atoms with Crippen LogP contribution in [0, 0.1) is 13.8 Å². The predicted molar refractivity (Wildman–Crippen MR) is 194 cm³/mol. The molecule has 0 bridgehead atoms. The van der Waals surface area contributed by atoms with Gasteiger partial charge in [-0.2, -0.15) is 0 Å². The lowest BCUT2D eigenvalue weighted by atomic mass is 10.0. The molecule has 11 heteroatoms. The van der Waals surface area contributed by atoms with E-state index in [4.69, 9.17) is 21.1 Å². The molecule has 0 fully saturated rings. The normalized spacial score (nSPS) is 11.8. The summed E-state index contributed by atoms with van der Waals surface area (Å²) in [5, 5.41) is 3.42. The SMILES string of the molecule is CCCCNC(=O)[C@@H](Cc1ccccc1)N(Cc1ccccc1Cl)C(=O)CN(c1cc(C)cc(C)c1)S(=O)(=O)c1ccc(OC)c(OC)c1. The molecule has 0 saturated carbocycles. The van der Waals surface area contributed by atoms with Crippen molar-refractivity contribution in [2.24, 2.45) is 0 Å². The van der Waals surface area contributed by atoms with E-state index in [1.807, 2.05) is 57.2 Å². The molecule has 2 amide bonds. The molecular weight excluding hydrogens is 662 g/mol. The topological polar surface area (TPSA) is 105 Å². The van der Waals surface area contributed by atoms with E-state index in [-0.39, 0.29) is 29.5 Å². The maximum Gasteiger partial charge on any atom is 0.264 e. The summed E-state index contributed by atoms with van der Waals surface area (Å²) in [6, 6.07) is 25.2. The minimum absolute atomic E-state index is 0.0195. The third kappa shape index (κ3) is 9.55. The van der Waals surface area contributed by atoms with Gasteiger partial charge in [-0.3, -0.25) is 13.9 Å². The van der Waals surface area contributed by atoms with E-state index in [2.05, 4.69) is 5.32 Å². The summed E-state index contributed by atoms with van der Waals surface area (Å²) in [5.74, 6) is -0.324. The summed E-state index contributed by atoms with van der Waals surface area (Å²) in [4.78, 5) is 30.0. The first-order valence-corrected chi connectivity index (χ1v) is 18.0. The van der Waals surface area contributed by atoms with Gasteiger partial charge in [-0.15, -0.1) is 0 Å². The zero-order chi connectivity index (χ0) is 35.6. The van der Waals surface area contributed by atoms with Crippen LogP contribution in [-0.2, 0) is 32.6 Å². The van der Waals surface area contributed by atoms with Crippen molar-refractivity contribution in [3.05, 3.63) is 118 Å². The highest BCUT2D eigenvalue weighted by Gasteiger charge is 2.35. The number of rotatable bonds is 16. The highest BCUT2D eigenvalue weighted by molar-refractivity contribution is 7.92. The molecular formula is C38H44ClN3O6S. The zero-order valence-corrected chi connectivity index (χ0v) is 30.2. The number of ether oxygens (including phenoxy) is 2. The van der Waals surface area contributed by atoms with Gasteiger partial charge in [-0.1, -0.05) is 79.5 Å². The lowest BCUT2D eigenvalue weighted by Crippen LogP contribution is -2.53. The molecule has 49 heavy (non-hydrogen) atoms. The van der Waals surface area contributed by atoms with Crippen LogP contribution in [0.5, 0.6) is 11.5 Å². The van der Waals surface area contributed by atoms with Gasteiger partial charge in [0.1, 0.15) is 12.6 Å². The summed E-state index contributed by atoms with van der Waals surface area (Å²) >= 11 is 6.60. The number of halogens is 1. The number of nitrogens with one attached hydrogen (secondary N) is 1. The minimum Gasteiger partial charge on any atom is -0.493 e. The maximum atomic E-state index is 14.7. The first-order valence-electron chi connectivity index (χ1n) is 16.2. The Morgan fingerprint density at radius 3 is 2.14 bits per heavy atom. The van der Waals surface area contributed by atoms with Crippen molar-refractivity contribution >= 4 is 39.1 Å². The van der Waals surface area contributed by atoms with Gasteiger partial charge in [0.15, 0.2) is 11.5 Å². The quantitative estimate of drug-likeness (QED) is 0.130. The number of benzene rings is 4. The fourth-order valence-electron chi connectivity index (χ4n) is 5.60. The number of unbranched alkanes of at least 4 members (excludes halogenated alkanes) is 1. The Labute approximate surface area is 294 Å². The molecule has 0 radical (unpaired) electrons. The van der Waals surface area contributed by atoms with Gasteiger partial charge in [-0.05, 0) is 72.9 Å². The summed E-state index contributed by atoms with van der Waals surface area (Å²) in [6.45, 7) is 5.59. The van der Waals surface area contributed by atoms with Crippen LogP contribution in [0.1, 0.15) is 42.0 Å². The van der Waals surface area contributed by atoms with Gasteiger partial charge >= 0.3 is 0 Å². The third-order valence-electron chi connectivity index (χ3n) is 8.12. The molecule has 4 aromatic carbocycles. The zero-order valence-electron chi connectivity index (χ0n) is 28.6. The molecule has 0 spiro atoms. The number of anilines is 1. The molecule has 1 N–H and O–H groups in total. The van der Waals surface area contributed by atoms with Crippen molar-refractivity contribution in [1.82, 2.24) is 10.2 Å². The molecule has 4 aromatic rings. The molecule has 0 aliphatic carbocycles. The van der Waals surface area contributed by atoms with E-state index in [0.717, 1.165) is 33.8 Å². The molecule has 4 rings (SSSR count). The molecule has 260 valence electrons. The van der Waals surface area contributed by atoms with E-state index < -0.39 is 28.5 Å². The first-order chi connectivity index (χ1) is 23.5. The van der Waals surface area contributed by atoms with Crippen molar-refractivity contribution in [1.29, 1.82) is 0 Å². The van der Waals surface area contributed by atoms with E-state index in [1.54, 1.807) is 36.4 Å². The molecule has 0 unspecified atom stereocenters. The average Bonchev–Trinajstić information content (AvgIpc) is 3.09. The lowest BCUT2D eigenvalue weighted by molar-refractivity contribution is -0.140. The van der Waals surface area contributed by atoms with E-state index in [9.17, 15) is 18.0 Å². The standard InChI is InChI=1S/C38H44ClN3O6S/c1-6-7-19-40-38(44)34(23-29-13-9-8-10-14-29)41(25-30-15-11-12-16-33(30)39)37(43)26-42(31-21-27(2)20-28(3)22-31)49(45,46)32-17-18-35(47-4)36(24-32)48-5/h8-18,20-22,24,34H,6-7,19,23,25-26H2,1-5H3,(H,40,44)/t34-/m1/s1. The van der Waals surface area contributed by atoms with E-state index >= 15 is 0 Å². The summed E-state index contributed by atoms with van der Waals surface area (Å²) in [6.07, 6.45) is 1.86. The Bertz CT molecular complexity index is 1830. The number of aryl methyl sites for hydroxylation is 2. The lowest BCUT2D eigenvalue weighted by Gasteiger charge is -2.34. The number of carbonyl (C=O) groups is 2. The molecule has 0 saturated heterocycles. The number of methoxy groups -OCH3 is 2. The summed E-state index contributed by atoms with van der Waals surface area (Å²) in [7, 11) is -1.47. The molecule has 9 nitrogen and oxygen atoms in total. The highest BCUT2D eigenvalue weighted by Crippen LogP contribution is 2.33. The van der Waals surface area contributed by atoms with Crippen molar-refractivity contribution in [2.45, 2.75) is 57.5 Å². The molecule has 0 aliphatic rings. The Balaban J connectivity index is 1.85. The van der Waals surface area contributed by atoms with Crippen molar-refractivity contribution < 1.29 is 27.5 Å². The van der Waals surface area contributed by atoms with E-state index in [1.165, 1.54) is 37.3 Å². The number of amides is 2. The number of nitrogens with zero attached hydrogens (tertiary/aromatic N) is 2. The molecule has 0 aromatic heterocycles. The first kappa shape index (κ1) is 37.3.